The molecule has 2 aromatic carbocycles. The number of halogens is 1. The lowest BCUT2D eigenvalue weighted by molar-refractivity contribution is -0.121. The summed E-state index contributed by atoms with van der Waals surface area (Å²) in [6, 6.07) is 14.1. The molecule has 4 nitrogen and oxygen atoms in total. The van der Waals surface area contributed by atoms with Crippen molar-refractivity contribution in [2.75, 3.05) is 14.2 Å². The van der Waals surface area contributed by atoms with E-state index in [-0.39, 0.29) is 11.9 Å². The van der Waals surface area contributed by atoms with Gasteiger partial charge in [0.1, 0.15) is 11.5 Å². The lowest BCUT2D eigenvalue weighted by Gasteiger charge is -2.14. The maximum Gasteiger partial charge on any atom is 0.220 e. The summed E-state index contributed by atoms with van der Waals surface area (Å²) in [4.78, 5) is 12.2. The first-order valence-electron chi connectivity index (χ1n) is 8.76. The van der Waals surface area contributed by atoms with E-state index in [0.29, 0.717) is 12.8 Å². The molecular weight excluding hydrogens is 394 g/mol. The normalized spacial score (nSPS) is 11.7. The first-order valence-corrected chi connectivity index (χ1v) is 9.55. The largest absolute Gasteiger partial charge is 0.497 e. The molecule has 0 aliphatic rings. The minimum absolute atomic E-state index is 0.0649. The Bertz CT molecular complexity index is 693. The third kappa shape index (κ3) is 6.71. The SMILES string of the molecule is COc1cc(CCC(=O)NC(C)CCc2ccc(Br)cc2)cc(OC)c1. The first kappa shape index (κ1) is 20.3. The molecule has 1 amide bonds. The van der Waals surface area contributed by atoms with E-state index in [9.17, 15) is 4.79 Å². The van der Waals surface area contributed by atoms with Crippen LogP contribution < -0.4 is 14.8 Å². The number of hydrogen-bond donors (Lipinski definition) is 1. The summed E-state index contributed by atoms with van der Waals surface area (Å²) in [5, 5.41) is 3.08. The number of carbonyl (C=O) groups excluding carboxylic acids is 1. The summed E-state index contributed by atoms with van der Waals surface area (Å²) >= 11 is 3.44. The van der Waals surface area contributed by atoms with E-state index in [4.69, 9.17) is 9.47 Å². The monoisotopic (exact) mass is 419 g/mol. The Morgan fingerprint density at radius 2 is 1.62 bits per heavy atom. The van der Waals surface area contributed by atoms with E-state index < -0.39 is 0 Å². The Kier molecular flexibility index (Phi) is 7.98. The number of aryl methyl sites for hydroxylation is 2. The van der Waals surface area contributed by atoms with Gasteiger partial charge in [-0.25, -0.2) is 0 Å². The van der Waals surface area contributed by atoms with Gasteiger partial charge in [0, 0.05) is 23.0 Å². The fourth-order valence-electron chi connectivity index (χ4n) is 2.72. The minimum Gasteiger partial charge on any atom is -0.497 e. The predicted octanol–water partition coefficient (Wildman–Crippen LogP) is 4.54. The van der Waals surface area contributed by atoms with Crippen molar-refractivity contribution in [2.45, 2.75) is 38.6 Å². The van der Waals surface area contributed by atoms with Crippen molar-refractivity contribution in [1.82, 2.24) is 5.32 Å². The zero-order chi connectivity index (χ0) is 18.9. The molecular formula is C21H26BrNO3. The van der Waals surface area contributed by atoms with Gasteiger partial charge in [0.05, 0.1) is 14.2 Å². The van der Waals surface area contributed by atoms with Crippen molar-refractivity contribution in [3.63, 3.8) is 0 Å². The van der Waals surface area contributed by atoms with E-state index in [1.54, 1.807) is 14.2 Å². The highest BCUT2D eigenvalue weighted by Crippen LogP contribution is 2.23. The van der Waals surface area contributed by atoms with E-state index in [1.165, 1.54) is 5.56 Å². The third-order valence-electron chi connectivity index (χ3n) is 4.24. The second kappa shape index (κ2) is 10.2. The van der Waals surface area contributed by atoms with Crippen molar-refractivity contribution in [3.8, 4) is 11.5 Å². The first-order chi connectivity index (χ1) is 12.5. The van der Waals surface area contributed by atoms with Gasteiger partial charge < -0.3 is 14.8 Å². The van der Waals surface area contributed by atoms with Crippen LogP contribution in [0.25, 0.3) is 0 Å². The molecule has 0 bridgehead atoms. The molecule has 2 aromatic rings. The van der Waals surface area contributed by atoms with Gasteiger partial charge in [-0.2, -0.15) is 0 Å². The molecule has 2 rings (SSSR count). The Morgan fingerprint density at radius 3 is 2.19 bits per heavy atom. The molecule has 0 saturated heterocycles. The quantitative estimate of drug-likeness (QED) is 0.648. The molecule has 0 fully saturated rings. The molecule has 0 aromatic heterocycles. The Morgan fingerprint density at radius 1 is 1.00 bits per heavy atom. The minimum atomic E-state index is 0.0649. The average molecular weight is 420 g/mol. The number of nitrogens with one attached hydrogen (secondary N) is 1. The van der Waals surface area contributed by atoms with Crippen LogP contribution in [-0.4, -0.2) is 26.2 Å². The topological polar surface area (TPSA) is 47.6 Å². The van der Waals surface area contributed by atoms with Gasteiger partial charge in [-0.1, -0.05) is 28.1 Å². The number of ether oxygens (including phenoxy) is 2. The fraction of sp³-hybridized carbons (Fsp3) is 0.381. The molecule has 140 valence electrons. The molecule has 0 aliphatic heterocycles. The van der Waals surface area contributed by atoms with Crippen molar-refractivity contribution in [1.29, 1.82) is 0 Å². The van der Waals surface area contributed by atoms with E-state index in [0.717, 1.165) is 34.4 Å². The van der Waals surface area contributed by atoms with Gasteiger partial charge in [-0.15, -0.1) is 0 Å². The zero-order valence-corrected chi connectivity index (χ0v) is 17.1. The van der Waals surface area contributed by atoms with E-state index >= 15 is 0 Å². The van der Waals surface area contributed by atoms with Crippen LogP contribution in [0.5, 0.6) is 11.5 Å². The lowest BCUT2D eigenvalue weighted by atomic mass is 10.1. The Balaban J connectivity index is 1.78. The van der Waals surface area contributed by atoms with Crippen LogP contribution >= 0.6 is 15.9 Å². The lowest BCUT2D eigenvalue weighted by Crippen LogP contribution is -2.33. The number of amides is 1. The summed E-state index contributed by atoms with van der Waals surface area (Å²) in [6.07, 6.45) is 2.96. The number of methoxy groups -OCH3 is 2. The number of hydrogen-bond acceptors (Lipinski definition) is 3. The smallest absolute Gasteiger partial charge is 0.220 e. The van der Waals surface area contributed by atoms with Gasteiger partial charge in [0.2, 0.25) is 5.91 Å². The fourth-order valence-corrected chi connectivity index (χ4v) is 2.99. The summed E-state index contributed by atoms with van der Waals surface area (Å²) < 4.78 is 11.6. The van der Waals surface area contributed by atoms with Crippen molar-refractivity contribution < 1.29 is 14.3 Å². The van der Waals surface area contributed by atoms with Crippen LogP contribution in [0.4, 0.5) is 0 Å². The molecule has 0 aliphatic carbocycles. The van der Waals surface area contributed by atoms with Crippen LogP contribution in [0.15, 0.2) is 46.9 Å². The van der Waals surface area contributed by atoms with E-state index in [2.05, 4.69) is 33.4 Å². The maximum absolute atomic E-state index is 12.2. The standard InChI is InChI=1S/C21H26BrNO3/c1-15(4-5-16-6-9-18(22)10-7-16)23-21(24)11-8-17-12-19(25-2)14-20(13-17)26-3/h6-7,9-10,12-15H,4-5,8,11H2,1-3H3,(H,23,24). The molecule has 1 unspecified atom stereocenters. The average Bonchev–Trinajstić information content (AvgIpc) is 2.65. The summed E-state index contributed by atoms with van der Waals surface area (Å²) in [6.45, 7) is 2.05. The number of benzene rings is 2. The summed E-state index contributed by atoms with van der Waals surface area (Å²) in [5.74, 6) is 1.54. The molecule has 0 saturated carbocycles. The molecule has 0 radical (unpaired) electrons. The molecule has 26 heavy (non-hydrogen) atoms. The molecule has 0 spiro atoms. The summed E-state index contributed by atoms with van der Waals surface area (Å²) in [5.41, 5.74) is 2.30. The van der Waals surface area contributed by atoms with Crippen molar-refractivity contribution in [2.24, 2.45) is 0 Å². The number of carbonyl (C=O) groups is 1. The van der Waals surface area contributed by atoms with Crippen LogP contribution in [0.3, 0.4) is 0 Å². The van der Waals surface area contributed by atoms with Gasteiger partial charge >= 0.3 is 0 Å². The van der Waals surface area contributed by atoms with Gasteiger partial charge in [0.15, 0.2) is 0 Å². The van der Waals surface area contributed by atoms with Crippen LogP contribution in [-0.2, 0) is 17.6 Å². The van der Waals surface area contributed by atoms with Gasteiger partial charge in [-0.3, -0.25) is 4.79 Å². The number of rotatable bonds is 9. The molecule has 5 heteroatoms. The second-order valence-electron chi connectivity index (χ2n) is 6.35. The van der Waals surface area contributed by atoms with Gasteiger partial charge in [-0.05, 0) is 61.6 Å². The van der Waals surface area contributed by atoms with Crippen molar-refractivity contribution >= 4 is 21.8 Å². The summed E-state index contributed by atoms with van der Waals surface area (Å²) in [7, 11) is 3.25. The van der Waals surface area contributed by atoms with Crippen LogP contribution in [0.1, 0.15) is 30.9 Å². The molecule has 1 N–H and O–H groups in total. The molecule has 1 atom stereocenters. The zero-order valence-electron chi connectivity index (χ0n) is 15.5. The van der Waals surface area contributed by atoms with Gasteiger partial charge in [0.25, 0.3) is 0 Å². The molecule has 0 heterocycles. The Labute approximate surface area is 164 Å². The predicted molar refractivity (Wildman–Crippen MR) is 108 cm³/mol. The highest BCUT2D eigenvalue weighted by atomic mass is 79.9. The maximum atomic E-state index is 12.2. The highest BCUT2D eigenvalue weighted by molar-refractivity contribution is 9.10. The van der Waals surface area contributed by atoms with Crippen molar-refractivity contribution in [3.05, 3.63) is 58.1 Å². The highest BCUT2D eigenvalue weighted by Gasteiger charge is 2.09. The Hall–Kier alpha value is -2.01. The van der Waals surface area contributed by atoms with E-state index in [1.807, 2.05) is 37.3 Å². The third-order valence-corrected chi connectivity index (χ3v) is 4.77. The second-order valence-corrected chi connectivity index (χ2v) is 7.27. The van der Waals surface area contributed by atoms with Crippen LogP contribution in [0, 0.1) is 0 Å². The van der Waals surface area contributed by atoms with Crippen LogP contribution in [0.2, 0.25) is 0 Å².